The summed E-state index contributed by atoms with van der Waals surface area (Å²) < 4.78 is 4.68. The third kappa shape index (κ3) is 2.10. The van der Waals surface area contributed by atoms with Gasteiger partial charge in [-0.2, -0.15) is 0 Å². The van der Waals surface area contributed by atoms with Gasteiger partial charge >= 0.3 is 5.97 Å². The van der Waals surface area contributed by atoms with Gasteiger partial charge < -0.3 is 9.64 Å². The van der Waals surface area contributed by atoms with Crippen molar-refractivity contribution in [2.24, 2.45) is 0 Å². The SMILES string of the molecule is COC(=O)c1csc(N2CCN3CCCC3C2)n1. The van der Waals surface area contributed by atoms with Gasteiger partial charge in [-0.05, 0) is 19.4 Å². The number of fused-ring (bicyclic) bond motifs is 1. The van der Waals surface area contributed by atoms with Crippen molar-refractivity contribution in [3.63, 3.8) is 0 Å². The molecule has 3 heterocycles. The summed E-state index contributed by atoms with van der Waals surface area (Å²) in [6.45, 7) is 4.39. The number of methoxy groups -OCH3 is 1. The standard InChI is InChI=1S/C12H17N3O2S/c1-17-11(16)10-8-18-12(13-10)15-6-5-14-4-2-3-9(14)7-15/h8-9H,2-7H2,1H3. The van der Waals surface area contributed by atoms with Crippen molar-refractivity contribution in [3.8, 4) is 0 Å². The van der Waals surface area contributed by atoms with E-state index in [1.165, 1.54) is 37.8 Å². The quantitative estimate of drug-likeness (QED) is 0.754. The molecule has 3 rings (SSSR count). The fraction of sp³-hybridized carbons (Fsp3) is 0.667. The predicted octanol–water partition coefficient (Wildman–Crippen LogP) is 1.21. The lowest BCUT2D eigenvalue weighted by atomic mass is 10.2. The minimum Gasteiger partial charge on any atom is -0.464 e. The Hall–Kier alpha value is -1.14. The van der Waals surface area contributed by atoms with Gasteiger partial charge in [0.05, 0.1) is 7.11 Å². The Kier molecular flexibility index (Phi) is 3.22. The minimum atomic E-state index is -0.350. The Morgan fingerprint density at radius 1 is 1.50 bits per heavy atom. The Morgan fingerprint density at radius 3 is 3.22 bits per heavy atom. The molecular weight excluding hydrogens is 250 g/mol. The Labute approximate surface area is 110 Å². The topological polar surface area (TPSA) is 45.7 Å². The zero-order valence-corrected chi connectivity index (χ0v) is 11.3. The van der Waals surface area contributed by atoms with E-state index in [2.05, 4.69) is 19.5 Å². The van der Waals surface area contributed by atoms with E-state index in [1.54, 1.807) is 5.38 Å². The van der Waals surface area contributed by atoms with Crippen LogP contribution in [0.1, 0.15) is 23.3 Å². The molecule has 18 heavy (non-hydrogen) atoms. The van der Waals surface area contributed by atoms with Crippen LogP contribution in [0.25, 0.3) is 0 Å². The number of thiazole rings is 1. The zero-order chi connectivity index (χ0) is 12.5. The summed E-state index contributed by atoms with van der Waals surface area (Å²) in [5.74, 6) is -0.350. The molecular formula is C12H17N3O2S. The molecule has 0 N–H and O–H groups in total. The lowest BCUT2D eigenvalue weighted by Gasteiger charge is -2.37. The lowest BCUT2D eigenvalue weighted by Crippen LogP contribution is -2.50. The summed E-state index contributed by atoms with van der Waals surface area (Å²) in [6, 6.07) is 0.671. The Morgan fingerprint density at radius 2 is 2.39 bits per heavy atom. The van der Waals surface area contributed by atoms with Crippen molar-refractivity contribution in [1.29, 1.82) is 0 Å². The van der Waals surface area contributed by atoms with E-state index in [-0.39, 0.29) is 5.97 Å². The van der Waals surface area contributed by atoms with Crippen LogP contribution < -0.4 is 4.90 Å². The van der Waals surface area contributed by atoms with E-state index in [9.17, 15) is 4.79 Å². The fourth-order valence-corrected chi connectivity index (χ4v) is 3.60. The molecule has 6 heteroatoms. The molecule has 0 aliphatic carbocycles. The van der Waals surface area contributed by atoms with Gasteiger partial charge in [-0.1, -0.05) is 0 Å². The molecule has 0 spiro atoms. The van der Waals surface area contributed by atoms with Crippen LogP contribution in [-0.4, -0.2) is 55.2 Å². The molecule has 0 aromatic carbocycles. The molecule has 0 amide bonds. The number of hydrogen-bond acceptors (Lipinski definition) is 6. The number of anilines is 1. The van der Waals surface area contributed by atoms with Crippen LogP contribution in [0.15, 0.2) is 5.38 Å². The van der Waals surface area contributed by atoms with Crippen LogP contribution in [0.2, 0.25) is 0 Å². The van der Waals surface area contributed by atoms with Crippen molar-refractivity contribution in [2.45, 2.75) is 18.9 Å². The number of carbonyl (C=O) groups excluding carboxylic acids is 1. The molecule has 98 valence electrons. The van der Waals surface area contributed by atoms with Crippen LogP contribution in [0.5, 0.6) is 0 Å². The predicted molar refractivity (Wildman–Crippen MR) is 70.3 cm³/mol. The van der Waals surface area contributed by atoms with Gasteiger partial charge in [-0.3, -0.25) is 4.90 Å². The first-order valence-corrected chi connectivity index (χ1v) is 7.19. The highest BCUT2D eigenvalue weighted by molar-refractivity contribution is 7.13. The van der Waals surface area contributed by atoms with Crippen molar-refractivity contribution in [1.82, 2.24) is 9.88 Å². The van der Waals surface area contributed by atoms with Gasteiger partial charge in [0.1, 0.15) is 0 Å². The normalized spacial score (nSPS) is 24.1. The molecule has 1 aromatic rings. The Balaban J connectivity index is 1.71. The molecule has 2 fully saturated rings. The monoisotopic (exact) mass is 267 g/mol. The van der Waals surface area contributed by atoms with E-state index in [1.807, 2.05) is 0 Å². The van der Waals surface area contributed by atoms with E-state index >= 15 is 0 Å². The largest absolute Gasteiger partial charge is 0.464 e. The number of ether oxygens (including phenoxy) is 1. The summed E-state index contributed by atoms with van der Waals surface area (Å²) in [4.78, 5) is 20.6. The molecule has 2 saturated heterocycles. The van der Waals surface area contributed by atoms with E-state index in [0.717, 1.165) is 24.8 Å². The van der Waals surface area contributed by atoms with Crippen LogP contribution in [0, 0.1) is 0 Å². The van der Waals surface area contributed by atoms with Gasteiger partial charge in [0, 0.05) is 31.1 Å². The second kappa shape index (κ2) is 4.85. The molecule has 1 unspecified atom stereocenters. The zero-order valence-electron chi connectivity index (χ0n) is 10.5. The van der Waals surface area contributed by atoms with Gasteiger partial charge in [-0.15, -0.1) is 11.3 Å². The van der Waals surface area contributed by atoms with Gasteiger partial charge in [0.2, 0.25) is 0 Å². The minimum absolute atomic E-state index is 0.350. The highest BCUT2D eigenvalue weighted by Crippen LogP contribution is 2.27. The summed E-state index contributed by atoms with van der Waals surface area (Å²) >= 11 is 1.53. The summed E-state index contributed by atoms with van der Waals surface area (Å²) in [5.41, 5.74) is 0.423. The van der Waals surface area contributed by atoms with Crippen LogP contribution in [0.3, 0.4) is 0 Å². The Bertz CT molecular complexity index is 448. The van der Waals surface area contributed by atoms with Crippen LogP contribution in [0.4, 0.5) is 5.13 Å². The van der Waals surface area contributed by atoms with Crippen LogP contribution in [-0.2, 0) is 4.74 Å². The molecule has 2 aliphatic rings. The maximum Gasteiger partial charge on any atom is 0.357 e. The molecule has 5 nitrogen and oxygen atoms in total. The van der Waals surface area contributed by atoms with E-state index < -0.39 is 0 Å². The first-order chi connectivity index (χ1) is 8.78. The molecule has 1 atom stereocenters. The maximum absolute atomic E-state index is 11.4. The number of nitrogens with zero attached hydrogens (tertiary/aromatic N) is 3. The third-order valence-electron chi connectivity index (χ3n) is 3.74. The van der Waals surface area contributed by atoms with Crippen LogP contribution >= 0.6 is 11.3 Å². The smallest absolute Gasteiger partial charge is 0.357 e. The number of carbonyl (C=O) groups is 1. The first-order valence-electron chi connectivity index (χ1n) is 6.31. The maximum atomic E-state index is 11.4. The van der Waals surface area contributed by atoms with E-state index in [0.29, 0.717) is 11.7 Å². The number of piperazine rings is 1. The van der Waals surface area contributed by atoms with Gasteiger partial charge in [0.15, 0.2) is 10.8 Å². The van der Waals surface area contributed by atoms with Gasteiger partial charge in [-0.25, -0.2) is 9.78 Å². The van der Waals surface area contributed by atoms with Crippen molar-refractivity contribution < 1.29 is 9.53 Å². The number of esters is 1. The highest BCUT2D eigenvalue weighted by atomic mass is 32.1. The lowest BCUT2D eigenvalue weighted by molar-refractivity contribution is 0.0595. The summed E-state index contributed by atoms with van der Waals surface area (Å²) in [7, 11) is 1.39. The fourth-order valence-electron chi connectivity index (χ4n) is 2.77. The number of rotatable bonds is 2. The molecule has 0 bridgehead atoms. The summed E-state index contributed by atoms with van der Waals surface area (Å²) in [5, 5.41) is 2.73. The van der Waals surface area contributed by atoms with Gasteiger partial charge in [0.25, 0.3) is 0 Å². The van der Waals surface area contributed by atoms with Crippen molar-refractivity contribution in [2.75, 3.05) is 38.2 Å². The highest BCUT2D eigenvalue weighted by Gasteiger charge is 2.31. The average molecular weight is 267 g/mol. The average Bonchev–Trinajstić information content (AvgIpc) is 3.05. The third-order valence-corrected chi connectivity index (χ3v) is 4.65. The first kappa shape index (κ1) is 11.9. The second-order valence-corrected chi connectivity index (χ2v) is 5.62. The van der Waals surface area contributed by atoms with Crippen molar-refractivity contribution in [3.05, 3.63) is 11.1 Å². The molecule has 1 aromatic heterocycles. The number of hydrogen-bond donors (Lipinski definition) is 0. The number of aromatic nitrogens is 1. The summed E-state index contributed by atoms with van der Waals surface area (Å²) in [6.07, 6.45) is 2.59. The molecule has 0 radical (unpaired) electrons. The molecule has 0 saturated carbocycles. The van der Waals surface area contributed by atoms with Crippen molar-refractivity contribution >= 4 is 22.4 Å². The molecule has 2 aliphatic heterocycles. The van der Waals surface area contributed by atoms with E-state index in [4.69, 9.17) is 0 Å². The second-order valence-electron chi connectivity index (χ2n) is 4.78.